The Bertz CT molecular complexity index is 1100. The molecule has 0 aliphatic carbocycles. The largest absolute Gasteiger partial charge is 0.462 e. The molecule has 0 amide bonds. The molecule has 2 heterocycles. The molecule has 1 aromatic heterocycles. The zero-order valence-corrected chi connectivity index (χ0v) is 19.0. The first-order valence-corrected chi connectivity index (χ1v) is 10.7. The number of hydrogen-bond donors (Lipinski definition) is 1. The van der Waals surface area contributed by atoms with Crippen molar-refractivity contribution in [3.63, 3.8) is 0 Å². The molecule has 1 fully saturated rings. The Hall–Kier alpha value is -3.50. The Morgan fingerprint density at radius 1 is 1.12 bits per heavy atom. The quantitative estimate of drug-likeness (QED) is 0.628. The first-order chi connectivity index (χ1) is 15.3. The van der Waals surface area contributed by atoms with Crippen molar-refractivity contribution in [2.45, 2.75) is 39.3 Å². The summed E-state index contributed by atoms with van der Waals surface area (Å²) >= 11 is 0. The molecule has 1 aliphatic heterocycles. The van der Waals surface area contributed by atoms with Gasteiger partial charge in [0.15, 0.2) is 5.82 Å². The summed E-state index contributed by atoms with van der Waals surface area (Å²) in [6.07, 6.45) is 0. The van der Waals surface area contributed by atoms with Crippen LogP contribution < -0.4 is 10.2 Å². The van der Waals surface area contributed by atoms with Crippen LogP contribution in [0.4, 0.5) is 5.82 Å². The molecule has 3 aromatic rings. The van der Waals surface area contributed by atoms with Crippen molar-refractivity contribution in [2.24, 2.45) is 0 Å². The maximum atomic E-state index is 9.60. The summed E-state index contributed by atoms with van der Waals surface area (Å²) in [5.41, 5.74) is 2.16. The summed E-state index contributed by atoms with van der Waals surface area (Å²) in [7, 11) is 0. The molecule has 1 atom stereocenters. The maximum Gasteiger partial charge on any atom is 0.293 e. The molecule has 1 N–H and O–H groups in total. The molecule has 4 rings (SSSR count). The van der Waals surface area contributed by atoms with Crippen molar-refractivity contribution in [2.75, 3.05) is 24.5 Å². The van der Waals surface area contributed by atoms with Crippen molar-refractivity contribution in [3.05, 3.63) is 54.1 Å². The van der Waals surface area contributed by atoms with Crippen molar-refractivity contribution in [1.29, 1.82) is 5.26 Å². The van der Waals surface area contributed by atoms with Gasteiger partial charge in [-0.05, 0) is 39.8 Å². The number of ether oxygens (including phenoxy) is 1. The monoisotopic (exact) mass is 431 g/mol. The van der Waals surface area contributed by atoms with E-state index in [2.05, 4.69) is 50.3 Å². The number of rotatable bonds is 3. The summed E-state index contributed by atoms with van der Waals surface area (Å²) in [6.45, 7) is 11.0. The third-order valence-electron chi connectivity index (χ3n) is 5.13. The second kappa shape index (κ2) is 10.2. The molecular formula is C25H29N5O2. The third-order valence-corrected chi connectivity index (χ3v) is 5.13. The van der Waals surface area contributed by atoms with Gasteiger partial charge >= 0.3 is 0 Å². The smallest absolute Gasteiger partial charge is 0.293 e. The molecule has 32 heavy (non-hydrogen) atoms. The van der Waals surface area contributed by atoms with Crippen LogP contribution in [0.15, 0.2) is 48.5 Å². The average molecular weight is 432 g/mol. The second-order valence-corrected chi connectivity index (χ2v) is 8.68. The summed E-state index contributed by atoms with van der Waals surface area (Å²) in [5, 5.41) is 23.7. The Balaban J connectivity index is 0.000000360. The number of nitriles is 1. The van der Waals surface area contributed by atoms with Gasteiger partial charge < -0.3 is 15.0 Å². The van der Waals surface area contributed by atoms with E-state index in [-0.39, 0.29) is 5.60 Å². The molecule has 2 aromatic carbocycles. The van der Waals surface area contributed by atoms with Gasteiger partial charge in [0.25, 0.3) is 6.47 Å². The molecule has 0 radical (unpaired) electrons. The summed E-state index contributed by atoms with van der Waals surface area (Å²) in [4.78, 5) is 11.9. The van der Waals surface area contributed by atoms with Gasteiger partial charge in [-0.3, -0.25) is 4.79 Å². The number of hydrogen-bond acceptors (Lipinski definition) is 7. The van der Waals surface area contributed by atoms with Crippen LogP contribution in [0.1, 0.15) is 33.3 Å². The number of benzene rings is 2. The lowest BCUT2D eigenvalue weighted by Gasteiger charge is -2.35. The number of carbonyl (C=O) groups is 1. The maximum absolute atomic E-state index is 9.60. The van der Waals surface area contributed by atoms with E-state index in [9.17, 15) is 4.79 Å². The van der Waals surface area contributed by atoms with E-state index >= 15 is 0 Å². The van der Waals surface area contributed by atoms with Crippen molar-refractivity contribution >= 4 is 23.1 Å². The third kappa shape index (κ3) is 5.59. The fourth-order valence-corrected chi connectivity index (χ4v) is 3.52. The fraction of sp³-hybridized carbons (Fsp3) is 0.360. The first-order valence-electron chi connectivity index (χ1n) is 10.7. The molecule has 0 spiro atoms. The number of fused-ring (bicyclic) bond motifs is 1. The van der Waals surface area contributed by atoms with Crippen LogP contribution >= 0.6 is 0 Å². The van der Waals surface area contributed by atoms with Gasteiger partial charge in [-0.25, -0.2) is 0 Å². The number of nitrogens with one attached hydrogen (secondary N) is 1. The van der Waals surface area contributed by atoms with Crippen LogP contribution in [0.25, 0.3) is 22.0 Å². The highest BCUT2D eigenvalue weighted by atomic mass is 16.5. The minimum absolute atomic E-state index is 0.318. The molecule has 7 nitrogen and oxygen atoms in total. The molecule has 7 heteroatoms. The highest BCUT2D eigenvalue weighted by molar-refractivity contribution is 6.00. The Morgan fingerprint density at radius 2 is 1.81 bits per heavy atom. The van der Waals surface area contributed by atoms with Crippen LogP contribution in [0.5, 0.6) is 0 Å². The van der Waals surface area contributed by atoms with Gasteiger partial charge in [-0.1, -0.05) is 36.4 Å². The van der Waals surface area contributed by atoms with E-state index < -0.39 is 0 Å². The SMILES string of the molecule is CC(C)(C)OC=O.CC1CNCCN1c1nnc(-c2ccc(C#N)cc2)c2ccccc12. The lowest BCUT2D eigenvalue weighted by atomic mass is 10.0. The predicted octanol–water partition coefficient (Wildman–Crippen LogP) is 3.92. The zero-order valence-electron chi connectivity index (χ0n) is 19.0. The van der Waals surface area contributed by atoms with Crippen molar-refractivity contribution in [1.82, 2.24) is 15.5 Å². The predicted molar refractivity (Wildman–Crippen MR) is 126 cm³/mol. The van der Waals surface area contributed by atoms with Gasteiger partial charge in [0, 0.05) is 42.0 Å². The highest BCUT2D eigenvalue weighted by Crippen LogP contribution is 2.32. The number of nitrogens with zero attached hydrogens (tertiary/aromatic N) is 4. The summed E-state index contributed by atoms with van der Waals surface area (Å²) in [6, 6.07) is 18.3. The number of piperazine rings is 1. The lowest BCUT2D eigenvalue weighted by Crippen LogP contribution is -2.50. The molecule has 1 aliphatic rings. The summed E-state index contributed by atoms with van der Waals surface area (Å²) < 4.78 is 4.55. The Morgan fingerprint density at radius 3 is 2.38 bits per heavy atom. The van der Waals surface area contributed by atoms with E-state index in [4.69, 9.17) is 5.26 Å². The minimum Gasteiger partial charge on any atom is -0.462 e. The molecule has 1 saturated heterocycles. The van der Waals surface area contributed by atoms with Gasteiger partial charge in [-0.15, -0.1) is 10.2 Å². The standard InChI is InChI=1S/C20H19N5.C5H10O2/c1-14-13-22-10-11-25(14)20-18-5-3-2-4-17(18)19(23-24-20)16-8-6-15(12-21)7-9-16;1-5(2,3)7-4-6/h2-9,14,22H,10-11,13H2,1H3;4H,1-3H3. The number of carbonyl (C=O) groups excluding carboxylic acids is 1. The molecular weight excluding hydrogens is 402 g/mol. The van der Waals surface area contributed by atoms with E-state index in [1.165, 1.54) is 0 Å². The van der Waals surface area contributed by atoms with E-state index in [1.807, 2.05) is 57.2 Å². The van der Waals surface area contributed by atoms with E-state index in [1.54, 1.807) is 0 Å². The zero-order chi connectivity index (χ0) is 23.1. The number of anilines is 1. The van der Waals surface area contributed by atoms with Crippen LogP contribution in [0.2, 0.25) is 0 Å². The normalized spacial score (nSPS) is 16.0. The molecule has 0 saturated carbocycles. The molecule has 1 unspecified atom stereocenters. The van der Waals surface area contributed by atoms with Crippen LogP contribution in [-0.4, -0.2) is 47.9 Å². The molecule has 0 bridgehead atoms. The Labute approximate surface area is 189 Å². The van der Waals surface area contributed by atoms with E-state index in [0.29, 0.717) is 18.1 Å². The summed E-state index contributed by atoms with van der Waals surface area (Å²) in [5.74, 6) is 0.946. The highest BCUT2D eigenvalue weighted by Gasteiger charge is 2.22. The van der Waals surface area contributed by atoms with Crippen molar-refractivity contribution in [3.8, 4) is 17.3 Å². The first kappa shape index (κ1) is 23.2. The van der Waals surface area contributed by atoms with Crippen molar-refractivity contribution < 1.29 is 9.53 Å². The number of aromatic nitrogens is 2. The van der Waals surface area contributed by atoms with Gasteiger partial charge in [0.2, 0.25) is 0 Å². The fourth-order valence-electron chi connectivity index (χ4n) is 3.52. The molecule has 166 valence electrons. The average Bonchev–Trinajstić information content (AvgIpc) is 2.79. The van der Waals surface area contributed by atoms with Gasteiger partial charge in [0.05, 0.1) is 11.6 Å². The van der Waals surface area contributed by atoms with Gasteiger partial charge in [-0.2, -0.15) is 5.26 Å². The second-order valence-electron chi connectivity index (χ2n) is 8.68. The van der Waals surface area contributed by atoms with Gasteiger partial charge in [0.1, 0.15) is 11.3 Å². The Kier molecular flexibility index (Phi) is 7.39. The van der Waals surface area contributed by atoms with E-state index in [0.717, 1.165) is 47.5 Å². The lowest BCUT2D eigenvalue weighted by molar-refractivity contribution is -0.138. The minimum atomic E-state index is -0.318. The van der Waals surface area contributed by atoms with Crippen LogP contribution in [0, 0.1) is 11.3 Å². The van der Waals surface area contributed by atoms with Crippen LogP contribution in [0.3, 0.4) is 0 Å². The van der Waals surface area contributed by atoms with Crippen LogP contribution in [-0.2, 0) is 9.53 Å². The topological polar surface area (TPSA) is 91.1 Å².